The molecule has 2 aromatic rings. The molecule has 0 amide bonds. The van der Waals surface area contributed by atoms with Gasteiger partial charge in [0.2, 0.25) is 15.2 Å². The maximum absolute atomic E-state index is 12.5. The van der Waals surface area contributed by atoms with E-state index in [1.807, 2.05) is 6.92 Å². The zero-order valence-corrected chi connectivity index (χ0v) is 14.1. The van der Waals surface area contributed by atoms with Crippen molar-refractivity contribution in [3.05, 3.63) is 18.2 Å². The Morgan fingerprint density at radius 3 is 2.64 bits per heavy atom. The summed E-state index contributed by atoms with van der Waals surface area (Å²) in [6.45, 7) is 2.84. The minimum atomic E-state index is -3.44. The molecule has 8 nitrogen and oxygen atoms in total. The quantitative estimate of drug-likeness (QED) is 0.885. The van der Waals surface area contributed by atoms with Crippen LogP contribution in [0.3, 0.4) is 0 Å². The minimum Gasteiger partial charge on any atom is -0.357 e. The second-order valence-corrected chi connectivity index (χ2v) is 8.01. The van der Waals surface area contributed by atoms with Crippen molar-refractivity contribution < 1.29 is 8.42 Å². The summed E-state index contributed by atoms with van der Waals surface area (Å²) >= 11 is 1.33. The Morgan fingerprint density at radius 2 is 2.09 bits per heavy atom. The van der Waals surface area contributed by atoms with Crippen LogP contribution in [0.2, 0.25) is 0 Å². The first-order valence-electron chi connectivity index (χ1n) is 7.01. The first kappa shape index (κ1) is 15.4. The molecule has 0 radical (unpaired) electrons. The van der Waals surface area contributed by atoms with Gasteiger partial charge in [-0.05, 0) is 19.8 Å². The van der Waals surface area contributed by atoms with Gasteiger partial charge in [0, 0.05) is 43.9 Å². The van der Waals surface area contributed by atoms with Gasteiger partial charge in [0.05, 0.1) is 6.20 Å². The first-order valence-corrected chi connectivity index (χ1v) is 9.22. The van der Waals surface area contributed by atoms with Crippen molar-refractivity contribution in [1.82, 2.24) is 23.4 Å². The summed E-state index contributed by atoms with van der Waals surface area (Å²) in [6, 6.07) is 0.229. The van der Waals surface area contributed by atoms with E-state index in [1.54, 1.807) is 7.05 Å². The summed E-state index contributed by atoms with van der Waals surface area (Å²) in [7, 11) is -1.73. The van der Waals surface area contributed by atoms with Gasteiger partial charge in [-0.25, -0.2) is 13.4 Å². The van der Waals surface area contributed by atoms with Crippen molar-refractivity contribution in [3.63, 3.8) is 0 Å². The number of aryl methyl sites for hydroxylation is 2. The molecule has 22 heavy (non-hydrogen) atoms. The van der Waals surface area contributed by atoms with Gasteiger partial charge in [0.1, 0.15) is 10.7 Å². The molecular formula is C12H18N6O2S2. The van der Waals surface area contributed by atoms with Gasteiger partial charge in [0.25, 0.3) is 0 Å². The van der Waals surface area contributed by atoms with Gasteiger partial charge in [-0.3, -0.25) is 4.68 Å². The average molecular weight is 342 g/mol. The summed E-state index contributed by atoms with van der Waals surface area (Å²) in [5.41, 5.74) is 0. The third kappa shape index (κ3) is 3.13. The second kappa shape index (κ2) is 5.94. The van der Waals surface area contributed by atoms with Crippen LogP contribution in [0.1, 0.15) is 18.7 Å². The van der Waals surface area contributed by atoms with Gasteiger partial charge in [0.15, 0.2) is 0 Å². The highest BCUT2D eigenvalue weighted by molar-refractivity contribution is 7.89. The second-order valence-electron chi connectivity index (χ2n) is 5.32. The lowest BCUT2D eigenvalue weighted by Gasteiger charge is -2.31. The molecular weight excluding hydrogens is 324 g/mol. The molecule has 1 fully saturated rings. The Bertz CT molecular complexity index is 745. The van der Waals surface area contributed by atoms with E-state index in [9.17, 15) is 8.42 Å². The van der Waals surface area contributed by atoms with Crippen LogP contribution in [0.15, 0.2) is 17.3 Å². The van der Waals surface area contributed by atoms with Crippen LogP contribution in [0, 0.1) is 6.92 Å². The van der Waals surface area contributed by atoms with E-state index in [-0.39, 0.29) is 10.9 Å². The van der Waals surface area contributed by atoms with Crippen LogP contribution in [0.5, 0.6) is 0 Å². The molecule has 1 N–H and O–H groups in total. The highest BCUT2D eigenvalue weighted by Crippen LogP contribution is 2.22. The van der Waals surface area contributed by atoms with E-state index in [2.05, 4.69) is 19.8 Å². The van der Waals surface area contributed by atoms with Gasteiger partial charge >= 0.3 is 0 Å². The Balaban J connectivity index is 1.61. The third-order valence-electron chi connectivity index (χ3n) is 3.63. The highest BCUT2D eigenvalue weighted by Gasteiger charge is 2.30. The topological polar surface area (TPSA) is 93.0 Å². The fraction of sp³-hybridized carbons (Fsp3) is 0.583. The Kier molecular flexibility index (Phi) is 4.15. The highest BCUT2D eigenvalue weighted by atomic mass is 32.2. The monoisotopic (exact) mass is 342 g/mol. The van der Waals surface area contributed by atoms with Crippen molar-refractivity contribution in [2.45, 2.75) is 30.7 Å². The molecule has 3 rings (SSSR count). The number of nitrogens with zero attached hydrogens (tertiary/aromatic N) is 5. The Labute approximate surface area is 133 Å². The van der Waals surface area contributed by atoms with Gasteiger partial charge < -0.3 is 5.32 Å². The predicted molar refractivity (Wildman–Crippen MR) is 83.3 cm³/mol. The molecule has 0 aromatic carbocycles. The SMILES string of the molecule is Cc1nsc(NC2CCN(S(=O)(=O)c3cnn(C)c3)CC2)n1. The Morgan fingerprint density at radius 1 is 1.36 bits per heavy atom. The number of sulfonamides is 1. The van der Waals surface area contributed by atoms with Crippen LogP contribution >= 0.6 is 11.5 Å². The number of anilines is 1. The maximum Gasteiger partial charge on any atom is 0.246 e. The third-order valence-corrected chi connectivity index (χ3v) is 6.22. The maximum atomic E-state index is 12.5. The zero-order valence-electron chi connectivity index (χ0n) is 12.4. The van der Waals surface area contributed by atoms with E-state index in [0.717, 1.165) is 23.8 Å². The summed E-state index contributed by atoms with van der Waals surface area (Å²) in [5, 5.41) is 8.06. The van der Waals surface area contributed by atoms with Crippen LogP contribution in [0.4, 0.5) is 5.13 Å². The molecule has 2 aromatic heterocycles. The lowest BCUT2D eigenvalue weighted by molar-refractivity contribution is 0.329. The number of aromatic nitrogens is 4. The van der Waals surface area contributed by atoms with Crippen LogP contribution in [-0.2, 0) is 17.1 Å². The molecule has 0 spiro atoms. The molecule has 10 heteroatoms. The molecule has 0 saturated carbocycles. The van der Waals surface area contributed by atoms with E-state index in [1.165, 1.54) is 32.9 Å². The molecule has 0 aliphatic carbocycles. The summed E-state index contributed by atoms with van der Waals surface area (Å²) in [5.74, 6) is 0.754. The van der Waals surface area contributed by atoms with Gasteiger partial charge in [-0.15, -0.1) is 0 Å². The van der Waals surface area contributed by atoms with Crippen molar-refractivity contribution in [1.29, 1.82) is 0 Å². The number of hydrogen-bond acceptors (Lipinski definition) is 7. The average Bonchev–Trinajstić information content (AvgIpc) is 3.09. The predicted octanol–water partition coefficient (Wildman–Crippen LogP) is 0.845. The van der Waals surface area contributed by atoms with Crippen LogP contribution in [0.25, 0.3) is 0 Å². The molecule has 1 aliphatic heterocycles. The fourth-order valence-corrected chi connectivity index (χ4v) is 4.56. The number of hydrogen-bond donors (Lipinski definition) is 1. The summed E-state index contributed by atoms with van der Waals surface area (Å²) in [6.07, 6.45) is 4.42. The largest absolute Gasteiger partial charge is 0.357 e. The van der Waals surface area contributed by atoms with Crippen molar-refractivity contribution in [3.8, 4) is 0 Å². The molecule has 3 heterocycles. The smallest absolute Gasteiger partial charge is 0.246 e. The summed E-state index contributed by atoms with van der Waals surface area (Å²) in [4.78, 5) is 4.53. The van der Waals surface area contributed by atoms with E-state index >= 15 is 0 Å². The van der Waals surface area contributed by atoms with Gasteiger partial charge in [-0.1, -0.05) is 0 Å². The number of rotatable bonds is 4. The van der Waals surface area contributed by atoms with Crippen LogP contribution in [-0.4, -0.2) is 51.0 Å². The van der Waals surface area contributed by atoms with E-state index in [4.69, 9.17) is 0 Å². The number of nitrogens with one attached hydrogen (secondary N) is 1. The van der Waals surface area contributed by atoms with Gasteiger partial charge in [-0.2, -0.15) is 13.8 Å². The van der Waals surface area contributed by atoms with Crippen molar-refractivity contribution in [2.24, 2.45) is 7.05 Å². The summed E-state index contributed by atoms with van der Waals surface area (Å²) < 4.78 is 32.2. The Hall–Kier alpha value is -1.52. The molecule has 1 saturated heterocycles. The van der Waals surface area contributed by atoms with E-state index < -0.39 is 10.0 Å². The molecule has 0 unspecified atom stereocenters. The van der Waals surface area contributed by atoms with Crippen molar-refractivity contribution in [2.75, 3.05) is 18.4 Å². The molecule has 1 aliphatic rings. The lowest BCUT2D eigenvalue weighted by atomic mass is 10.1. The molecule has 0 atom stereocenters. The normalized spacial score (nSPS) is 17.7. The minimum absolute atomic E-state index is 0.229. The zero-order chi connectivity index (χ0) is 15.7. The first-order chi connectivity index (χ1) is 10.4. The van der Waals surface area contributed by atoms with E-state index in [0.29, 0.717) is 13.1 Å². The fourth-order valence-electron chi connectivity index (χ4n) is 2.45. The molecule has 0 bridgehead atoms. The molecule has 120 valence electrons. The van der Waals surface area contributed by atoms with Crippen LogP contribution < -0.4 is 5.32 Å². The standard InChI is InChI=1S/C12H18N6O2S2/c1-9-14-12(21-16-9)15-10-3-5-18(6-4-10)22(19,20)11-7-13-17(2)8-11/h7-8,10H,3-6H2,1-2H3,(H,14,15,16). The number of piperidine rings is 1. The lowest BCUT2D eigenvalue weighted by Crippen LogP contribution is -2.42. The van der Waals surface area contributed by atoms with Crippen molar-refractivity contribution >= 4 is 26.7 Å².